The summed E-state index contributed by atoms with van der Waals surface area (Å²) < 4.78 is 0. The summed E-state index contributed by atoms with van der Waals surface area (Å²) in [6, 6.07) is 9.96. The van der Waals surface area contributed by atoms with Gasteiger partial charge in [0.25, 0.3) is 0 Å². The van der Waals surface area contributed by atoms with Crippen LogP contribution < -0.4 is 5.32 Å². The van der Waals surface area contributed by atoms with Gasteiger partial charge in [0.05, 0.1) is 13.2 Å². The number of nitrogens with one attached hydrogen (secondary N) is 1. The highest BCUT2D eigenvalue weighted by molar-refractivity contribution is 5.77. The Morgan fingerprint density at radius 3 is 2.67 bits per heavy atom. The van der Waals surface area contributed by atoms with E-state index < -0.39 is 0 Å². The Hall–Kier alpha value is -1.39. The highest BCUT2D eigenvalue weighted by Crippen LogP contribution is 2.03. The Morgan fingerprint density at radius 1 is 1.33 bits per heavy atom. The highest BCUT2D eigenvalue weighted by atomic mass is 16.3. The van der Waals surface area contributed by atoms with Crippen molar-refractivity contribution in [2.45, 2.75) is 19.9 Å². The summed E-state index contributed by atoms with van der Waals surface area (Å²) in [6.07, 6.45) is 0.935. The third kappa shape index (κ3) is 5.80. The van der Waals surface area contributed by atoms with Gasteiger partial charge in [-0.25, -0.2) is 0 Å². The Bertz CT molecular complexity index is 341. The van der Waals surface area contributed by atoms with Crippen molar-refractivity contribution in [3.05, 3.63) is 35.9 Å². The fourth-order valence-corrected chi connectivity index (χ4v) is 1.72. The zero-order chi connectivity index (χ0) is 13.2. The fourth-order valence-electron chi connectivity index (χ4n) is 1.72. The quantitative estimate of drug-likeness (QED) is 0.724. The van der Waals surface area contributed by atoms with E-state index >= 15 is 0 Å². The summed E-state index contributed by atoms with van der Waals surface area (Å²) in [5, 5.41) is 11.9. The molecule has 0 aliphatic heterocycles. The number of carbonyl (C=O) groups excluding carboxylic acids is 1. The average molecular weight is 250 g/mol. The van der Waals surface area contributed by atoms with Crippen LogP contribution in [0.15, 0.2) is 30.3 Å². The van der Waals surface area contributed by atoms with E-state index in [2.05, 4.69) is 5.32 Å². The minimum absolute atomic E-state index is 0.0150. The van der Waals surface area contributed by atoms with Crippen molar-refractivity contribution in [3.63, 3.8) is 0 Å². The summed E-state index contributed by atoms with van der Waals surface area (Å²) in [7, 11) is 0. The molecule has 4 nitrogen and oxygen atoms in total. The second-order valence-corrected chi connectivity index (χ2v) is 4.27. The van der Waals surface area contributed by atoms with Gasteiger partial charge < -0.3 is 10.4 Å². The maximum Gasteiger partial charge on any atom is 0.234 e. The van der Waals surface area contributed by atoms with Gasteiger partial charge in [0.1, 0.15) is 0 Å². The van der Waals surface area contributed by atoms with Crippen LogP contribution in [0.5, 0.6) is 0 Å². The molecule has 4 heteroatoms. The van der Waals surface area contributed by atoms with E-state index in [1.165, 1.54) is 0 Å². The summed E-state index contributed by atoms with van der Waals surface area (Å²) in [5.41, 5.74) is 1.15. The molecule has 0 saturated heterocycles. The molecule has 0 unspecified atom stereocenters. The van der Waals surface area contributed by atoms with E-state index in [1.54, 1.807) is 0 Å². The molecule has 0 fully saturated rings. The SMILES string of the molecule is CCCNC(=O)CN(CCO)Cc1ccccc1. The molecule has 0 aliphatic carbocycles. The van der Waals surface area contributed by atoms with Crippen LogP contribution in [0.25, 0.3) is 0 Å². The third-order valence-corrected chi connectivity index (χ3v) is 2.60. The Labute approximate surface area is 109 Å². The normalized spacial score (nSPS) is 10.6. The number of hydrogen-bond donors (Lipinski definition) is 2. The maximum absolute atomic E-state index is 11.6. The lowest BCUT2D eigenvalue weighted by Crippen LogP contribution is -2.38. The number of carbonyl (C=O) groups is 1. The monoisotopic (exact) mass is 250 g/mol. The van der Waals surface area contributed by atoms with E-state index in [0.717, 1.165) is 12.0 Å². The first kappa shape index (κ1) is 14.7. The van der Waals surface area contributed by atoms with E-state index in [4.69, 9.17) is 5.11 Å². The number of nitrogens with zero attached hydrogens (tertiary/aromatic N) is 1. The largest absolute Gasteiger partial charge is 0.395 e. The molecule has 1 aromatic rings. The van der Waals surface area contributed by atoms with Crippen molar-refractivity contribution >= 4 is 5.91 Å². The summed E-state index contributed by atoms with van der Waals surface area (Å²) in [4.78, 5) is 13.6. The topological polar surface area (TPSA) is 52.6 Å². The van der Waals surface area contributed by atoms with Crippen LogP contribution in [0.3, 0.4) is 0 Å². The molecule has 0 atom stereocenters. The van der Waals surface area contributed by atoms with E-state index in [1.807, 2.05) is 42.2 Å². The van der Waals surface area contributed by atoms with Crippen molar-refractivity contribution in [2.24, 2.45) is 0 Å². The summed E-state index contributed by atoms with van der Waals surface area (Å²) in [5.74, 6) is 0.0150. The molecule has 18 heavy (non-hydrogen) atoms. The van der Waals surface area contributed by atoms with Gasteiger partial charge in [0.15, 0.2) is 0 Å². The number of aliphatic hydroxyl groups is 1. The number of benzene rings is 1. The van der Waals surface area contributed by atoms with Gasteiger partial charge in [-0.3, -0.25) is 9.69 Å². The lowest BCUT2D eigenvalue weighted by molar-refractivity contribution is -0.122. The number of amides is 1. The zero-order valence-corrected chi connectivity index (χ0v) is 10.9. The van der Waals surface area contributed by atoms with Crippen LogP contribution in [0.4, 0.5) is 0 Å². The number of aliphatic hydroxyl groups excluding tert-OH is 1. The van der Waals surface area contributed by atoms with Crippen molar-refractivity contribution < 1.29 is 9.90 Å². The minimum atomic E-state index is 0.0150. The maximum atomic E-state index is 11.6. The van der Waals surface area contributed by atoms with Crippen molar-refractivity contribution in [2.75, 3.05) is 26.2 Å². The van der Waals surface area contributed by atoms with Gasteiger partial charge in [-0.1, -0.05) is 37.3 Å². The molecule has 1 amide bonds. The standard InChI is InChI=1S/C14H22N2O2/c1-2-8-15-14(18)12-16(9-10-17)11-13-6-4-3-5-7-13/h3-7,17H,2,8-12H2,1H3,(H,15,18). The van der Waals surface area contributed by atoms with Gasteiger partial charge in [-0.2, -0.15) is 0 Å². The molecule has 0 saturated carbocycles. The summed E-state index contributed by atoms with van der Waals surface area (Å²) >= 11 is 0. The first-order valence-electron chi connectivity index (χ1n) is 6.40. The van der Waals surface area contributed by atoms with Gasteiger partial charge in [0, 0.05) is 19.6 Å². The minimum Gasteiger partial charge on any atom is -0.395 e. The van der Waals surface area contributed by atoms with Crippen LogP contribution in [0, 0.1) is 0 Å². The van der Waals surface area contributed by atoms with Gasteiger partial charge in [0.2, 0.25) is 5.91 Å². The van der Waals surface area contributed by atoms with Crippen molar-refractivity contribution in [3.8, 4) is 0 Å². The molecule has 0 spiro atoms. The molecule has 1 aromatic carbocycles. The van der Waals surface area contributed by atoms with Gasteiger partial charge in [-0.15, -0.1) is 0 Å². The van der Waals surface area contributed by atoms with Crippen LogP contribution in [0.1, 0.15) is 18.9 Å². The predicted molar refractivity (Wildman–Crippen MR) is 72.1 cm³/mol. The van der Waals surface area contributed by atoms with Crippen LogP contribution in [-0.2, 0) is 11.3 Å². The fraction of sp³-hybridized carbons (Fsp3) is 0.500. The van der Waals surface area contributed by atoms with Crippen LogP contribution >= 0.6 is 0 Å². The Kier molecular flexibility index (Phi) is 7.06. The Morgan fingerprint density at radius 2 is 2.06 bits per heavy atom. The van der Waals surface area contributed by atoms with Gasteiger partial charge >= 0.3 is 0 Å². The summed E-state index contributed by atoms with van der Waals surface area (Å²) in [6.45, 7) is 4.31. The first-order valence-corrected chi connectivity index (χ1v) is 6.40. The number of rotatable bonds is 8. The molecular weight excluding hydrogens is 228 g/mol. The highest BCUT2D eigenvalue weighted by Gasteiger charge is 2.10. The molecule has 0 aromatic heterocycles. The predicted octanol–water partition coefficient (Wildman–Crippen LogP) is 1.01. The smallest absolute Gasteiger partial charge is 0.234 e. The molecule has 1 rings (SSSR count). The molecular formula is C14H22N2O2. The van der Waals surface area contributed by atoms with Crippen LogP contribution in [-0.4, -0.2) is 42.2 Å². The zero-order valence-electron chi connectivity index (χ0n) is 10.9. The van der Waals surface area contributed by atoms with E-state index in [0.29, 0.717) is 26.2 Å². The molecule has 100 valence electrons. The average Bonchev–Trinajstić information content (AvgIpc) is 2.38. The van der Waals surface area contributed by atoms with Crippen LogP contribution in [0.2, 0.25) is 0 Å². The molecule has 2 N–H and O–H groups in total. The Balaban J connectivity index is 2.46. The molecule has 0 aliphatic rings. The first-order chi connectivity index (χ1) is 8.76. The second-order valence-electron chi connectivity index (χ2n) is 4.27. The molecule has 0 bridgehead atoms. The molecule has 0 radical (unpaired) electrons. The molecule has 0 heterocycles. The van der Waals surface area contributed by atoms with E-state index in [9.17, 15) is 4.79 Å². The third-order valence-electron chi connectivity index (χ3n) is 2.60. The van der Waals surface area contributed by atoms with Crippen molar-refractivity contribution in [1.29, 1.82) is 0 Å². The second kappa shape index (κ2) is 8.66. The number of hydrogen-bond acceptors (Lipinski definition) is 3. The lowest BCUT2D eigenvalue weighted by atomic mass is 10.2. The lowest BCUT2D eigenvalue weighted by Gasteiger charge is -2.20. The van der Waals surface area contributed by atoms with E-state index in [-0.39, 0.29) is 12.5 Å². The van der Waals surface area contributed by atoms with Crippen molar-refractivity contribution in [1.82, 2.24) is 10.2 Å². The van der Waals surface area contributed by atoms with Gasteiger partial charge in [-0.05, 0) is 12.0 Å².